The molecular weight excluding hydrogens is 260 g/mol. The van der Waals surface area contributed by atoms with Crippen LogP contribution in [-0.2, 0) is 14.9 Å². The zero-order chi connectivity index (χ0) is 14.6. The summed E-state index contributed by atoms with van der Waals surface area (Å²) < 4.78 is 28.1. The second-order valence-electron chi connectivity index (χ2n) is 4.74. The van der Waals surface area contributed by atoms with Crippen molar-refractivity contribution in [2.75, 3.05) is 27.2 Å². The largest absolute Gasteiger partial charge is 0.443 e. The van der Waals surface area contributed by atoms with Gasteiger partial charge >= 0.3 is 16.3 Å². The number of hydrogen-bond donors (Lipinski definition) is 2. The van der Waals surface area contributed by atoms with Crippen LogP contribution in [0.2, 0.25) is 0 Å². The molecule has 0 aliphatic heterocycles. The van der Waals surface area contributed by atoms with E-state index < -0.39 is 21.9 Å². The third-order valence-corrected chi connectivity index (χ3v) is 2.87. The number of nitrogens with zero attached hydrogens (tertiary/aromatic N) is 2. The first kappa shape index (κ1) is 17.1. The molecule has 0 aliphatic carbocycles. The molecule has 18 heavy (non-hydrogen) atoms. The maximum atomic E-state index is 11.7. The lowest BCUT2D eigenvalue weighted by atomic mass is 10.2. The summed E-state index contributed by atoms with van der Waals surface area (Å²) in [5.41, 5.74) is 2.00. The van der Waals surface area contributed by atoms with Gasteiger partial charge < -0.3 is 4.74 Å². The van der Waals surface area contributed by atoms with Gasteiger partial charge in [-0.25, -0.2) is 14.9 Å². The Bertz CT molecular complexity index is 377. The van der Waals surface area contributed by atoms with Crippen molar-refractivity contribution in [3.05, 3.63) is 0 Å². The van der Waals surface area contributed by atoms with Gasteiger partial charge in [-0.2, -0.15) is 12.7 Å². The van der Waals surface area contributed by atoms with Gasteiger partial charge in [0.05, 0.1) is 6.54 Å². The standard InChI is InChI=1S/C9H22N4O4S/c1-9(2,3)17-8(14)13(18(10,15)16)7-6-12(5)11-4/h11H,6-7H2,1-5H3,(H2,10,15,16). The van der Waals surface area contributed by atoms with Gasteiger partial charge in [0.1, 0.15) is 5.60 Å². The van der Waals surface area contributed by atoms with E-state index in [4.69, 9.17) is 9.88 Å². The van der Waals surface area contributed by atoms with E-state index in [0.717, 1.165) is 0 Å². The molecule has 3 N–H and O–H groups in total. The Balaban J connectivity index is 4.76. The molecule has 0 atom stereocenters. The van der Waals surface area contributed by atoms with Crippen molar-refractivity contribution in [3.8, 4) is 0 Å². The predicted molar refractivity (Wildman–Crippen MR) is 67.7 cm³/mol. The smallest absolute Gasteiger partial charge is 0.425 e. The summed E-state index contributed by atoms with van der Waals surface area (Å²) in [6, 6.07) is 0. The molecule has 9 heteroatoms. The molecule has 0 unspecified atom stereocenters. The molecule has 0 radical (unpaired) electrons. The predicted octanol–water partition coefficient (Wildman–Crippen LogP) is -0.507. The van der Waals surface area contributed by atoms with Crippen LogP contribution in [0.15, 0.2) is 0 Å². The quantitative estimate of drug-likeness (QED) is 0.658. The second kappa shape index (κ2) is 6.32. The number of hydrazine groups is 1. The highest BCUT2D eigenvalue weighted by Crippen LogP contribution is 2.11. The number of rotatable bonds is 5. The summed E-state index contributed by atoms with van der Waals surface area (Å²) in [4.78, 5) is 11.7. The monoisotopic (exact) mass is 282 g/mol. The summed E-state index contributed by atoms with van der Waals surface area (Å²) in [6.45, 7) is 5.13. The summed E-state index contributed by atoms with van der Waals surface area (Å²) in [5, 5.41) is 6.60. The van der Waals surface area contributed by atoms with Crippen LogP contribution in [0.4, 0.5) is 4.79 Å². The first-order chi connectivity index (χ1) is 7.97. The number of carbonyl (C=O) groups is 1. The summed E-state index contributed by atoms with van der Waals surface area (Å²) in [7, 11) is -0.756. The van der Waals surface area contributed by atoms with E-state index in [1.165, 1.54) is 0 Å². The topological polar surface area (TPSA) is 105 Å². The Labute approximate surface area is 108 Å². The van der Waals surface area contributed by atoms with Crippen molar-refractivity contribution >= 4 is 16.3 Å². The molecule has 0 aliphatic rings. The zero-order valence-corrected chi connectivity index (χ0v) is 12.2. The van der Waals surface area contributed by atoms with Gasteiger partial charge in [0.15, 0.2) is 0 Å². The highest BCUT2D eigenvalue weighted by atomic mass is 32.2. The number of nitrogens with two attached hydrogens (primary N) is 1. The minimum Gasteiger partial charge on any atom is -0.443 e. The molecule has 0 heterocycles. The van der Waals surface area contributed by atoms with Gasteiger partial charge in [0, 0.05) is 13.6 Å². The normalized spacial score (nSPS) is 12.6. The SMILES string of the molecule is CNN(C)CCN(C(=O)OC(C)(C)C)S(N)(=O)=O. The van der Waals surface area contributed by atoms with Crippen LogP contribution in [-0.4, -0.2) is 56.6 Å². The Morgan fingerprint density at radius 2 is 1.83 bits per heavy atom. The lowest BCUT2D eigenvalue weighted by molar-refractivity contribution is 0.0378. The Morgan fingerprint density at radius 1 is 1.33 bits per heavy atom. The van der Waals surface area contributed by atoms with E-state index >= 15 is 0 Å². The second-order valence-corrected chi connectivity index (χ2v) is 6.21. The molecule has 0 rings (SSSR count). The van der Waals surface area contributed by atoms with Crippen LogP contribution in [0.5, 0.6) is 0 Å². The van der Waals surface area contributed by atoms with Crippen molar-refractivity contribution < 1.29 is 17.9 Å². The highest BCUT2D eigenvalue weighted by Gasteiger charge is 2.29. The molecule has 0 aromatic carbocycles. The molecule has 8 nitrogen and oxygen atoms in total. The summed E-state index contributed by atoms with van der Waals surface area (Å²) in [6.07, 6.45) is -0.977. The first-order valence-corrected chi connectivity index (χ1v) is 6.89. The molecular formula is C9H22N4O4S. The first-order valence-electron chi connectivity index (χ1n) is 5.39. The summed E-state index contributed by atoms with van der Waals surface area (Å²) in [5.74, 6) is 0. The lowest BCUT2D eigenvalue weighted by Crippen LogP contribution is -2.48. The van der Waals surface area contributed by atoms with Gasteiger partial charge in [-0.3, -0.25) is 5.43 Å². The van der Waals surface area contributed by atoms with E-state index in [1.807, 2.05) is 0 Å². The van der Waals surface area contributed by atoms with Crippen molar-refractivity contribution in [3.63, 3.8) is 0 Å². The molecule has 0 bridgehead atoms. The molecule has 0 fully saturated rings. The number of likely N-dealkylation sites (N-methyl/N-ethyl adjacent to an activating group) is 1. The van der Waals surface area contributed by atoms with E-state index in [0.29, 0.717) is 4.31 Å². The number of amides is 1. The molecule has 0 saturated heterocycles. The molecule has 0 aromatic rings. The summed E-state index contributed by atoms with van der Waals surface area (Å²) >= 11 is 0. The molecule has 108 valence electrons. The molecule has 0 saturated carbocycles. The van der Waals surface area contributed by atoms with E-state index in [9.17, 15) is 13.2 Å². The lowest BCUT2D eigenvalue weighted by Gasteiger charge is -2.26. The van der Waals surface area contributed by atoms with E-state index in [1.54, 1.807) is 39.9 Å². The number of ether oxygens (including phenoxy) is 1. The van der Waals surface area contributed by atoms with Crippen LogP contribution >= 0.6 is 0 Å². The van der Waals surface area contributed by atoms with Gasteiger partial charge in [-0.15, -0.1) is 0 Å². The van der Waals surface area contributed by atoms with Gasteiger partial charge in [0.25, 0.3) is 0 Å². The Hall–Kier alpha value is -0.900. The fourth-order valence-corrected chi connectivity index (χ4v) is 1.57. The minimum atomic E-state index is -4.14. The third kappa shape index (κ3) is 6.74. The van der Waals surface area contributed by atoms with Crippen LogP contribution < -0.4 is 10.6 Å². The number of carbonyl (C=O) groups excluding carboxylic acids is 1. The fraction of sp³-hybridized carbons (Fsp3) is 0.889. The minimum absolute atomic E-state index is 0.0922. The van der Waals surface area contributed by atoms with Gasteiger partial charge in [-0.05, 0) is 27.8 Å². The van der Waals surface area contributed by atoms with Crippen molar-refractivity contribution in [2.24, 2.45) is 5.14 Å². The van der Waals surface area contributed by atoms with Crippen molar-refractivity contribution in [1.82, 2.24) is 14.7 Å². The van der Waals surface area contributed by atoms with Crippen molar-refractivity contribution in [2.45, 2.75) is 26.4 Å². The van der Waals surface area contributed by atoms with Crippen LogP contribution in [0.25, 0.3) is 0 Å². The molecule has 0 aromatic heterocycles. The third-order valence-electron chi connectivity index (χ3n) is 1.92. The Kier molecular flexibility index (Phi) is 6.00. The number of nitrogens with one attached hydrogen (secondary N) is 1. The van der Waals surface area contributed by atoms with Gasteiger partial charge in [0.2, 0.25) is 0 Å². The average molecular weight is 282 g/mol. The van der Waals surface area contributed by atoms with Crippen LogP contribution in [0, 0.1) is 0 Å². The van der Waals surface area contributed by atoms with Crippen LogP contribution in [0.3, 0.4) is 0 Å². The van der Waals surface area contributed by atoms with Crippen LogP contribution in [0.1, 0.15) is 20.8 Å². The molecule has 1 amide bonds. The number of hydrogen-bond acceptors (Lipinski definition) is 6. The fourth-order valence-electron chi connectivity index (χ4n) is 0.988. The van der Waals surface area contributed by atoms with E-state index in [2.05, 4.69) is 5.43 Å². The maximum absolute atomic E-state index is 11.7. The molecule has 0 spiro atoms. The van der Waals surface area contributed by atoms with E-state index in [-0.39, 0.29) is 13.1 Å². The highest BCUT2D eigenvalue weighted by molar-refractivity contribution is 7.87. The maximum Gasteiger partial charge on any atom is 0.425 e. The average Bonchev–Trinajstić information content (AvgIpc) is 2.12. The van der Waals surface area contributed by atoms with Gasteiger partial charge in [-0.1, -0.05) is 0 Å². The zero-order valence-electron chi connectivity index (χ0n) is 11.4. The Morgan fingerprint density at radius 3 is 2.17 bits per heavy atom. The van der Waals surface area contributed by atoms with Crippen molar-refractivity contribution in [1.29, 1.82) is 0 Å².